The first kappa shape index (κ1) is 13.6. The van der Waals surface area contributed by atoms with Gasteiger partial charge in [-0.1, -0.05) is 26.0 Å². The number of nitrogens with zero attached hydrogens (tertiary/aromatic N) is 2. The molecule has 0 atom stereocenters. The van der Waals surface area contributed by atoms with Gasteiger partial charge in [0.05, 0.1) is 5.69 Å². The van der Waals surface area contributed by atoms with Crippen LogP contribution in [0.1, 0.15) is 30.8 Å². The highest BCUT2D eigenvalue weighted by Crippen LogP contribution is 2.25. The van der Waals surface area contributed by atoms with E-state index < -0.39 is 0 Å². The molecule has 4 heteroatoms. The minimum absolute atomic E-state index is 0.859. The summed E-state index contributed by atoms with van der Waals surface area (Å²) in [5, 5.41) is 3.36. The van der Waals surface area contributed by atoms with Gasteiger partial charge in [-0.05, 0) is 24.3 Å². The number of aryl methyl sites for hydroxylation is 1. The van der Waals surface area contributed by atoms with E-state index >= 15 is 0 Å². The third-order valence-corrected chi connectivity index (χ3v) is 4.43. The standard InChI is InChI=1S/C16H19N3S/c1-3-14-13-9-17-10-15(13)19-16(18-14)11-5-7-12(8-6-11)20-4-2/h5-8,17H,3-4,9-10H2,1-2H3. The zero-order valence-corrected chi connectivity index (χ0v) is 12.8. The van der Waals surface area contributed by atoms with E-state index in [1.807, 2.05) is 11.8 Å². The van der Waals surface area contributed by atoms with Crippen molar-refractivity contribution < 1.29 is 0 Å². The van der Waals surface area contributed by atoms with E-state index in [1.165, 1.54) is 21.8 Å². The summed E-state index contributed by atoms with van der Waals surface area (Å²) < 4.78 is 0. The number of hydrogen-bond acceptors (Lipinski definition) is 4. The predicted molar refractivity (Wildman–Crippen MR) is 83.8 cm³/mol. The highest BCUT2D eigenvalue weighted by Gasteiger charge is 2.18. The van der Waals surface area contributed by atoms with Crippen LogP contribution < -0.4 is 5.32 Å². The summed E-state index contributed by atoms with van der Waals surface area (Å²) in [7, 11) is 0. The van der Waals surface area contributed by atoms with Crippen LogP contribution >= 0.6 is 11.8 Å². The van der Waals surface area contributed by atoms with Crippen LogP contribution in [0.2, 0.25) is 0 Å². The van der Waals surface area contributed by atoms with Crippen molar-refractivity contribution in [3.63, 3.8) is 0 Å². The summed E-state index contributed by atoms with van der Waals surface area (Å²) in [5.74, 6) is 1.96. The van der Waals surface area contributed by atoms with E-state index in [9.17, 15) is 0 Å². The van der Waals surface area contributed by atoms with Crippen LogP contribution in [0, 0.1) is 0 Å². The van der Waals surface area contributed by atoms with Crippen LogP contribution in [0.3, 0.4) is 0 Å². The van der Waals surface area contributed by atoms with Crippen molar-refractivity contribution in [3.05, 3.63) is 41.2 Å². The van der Waals surface area contributed by atoms with E-state index in [0.717, 1.165) is 36.7 Å². The molecule has 0 aliphatic carbocycles. The number of aromatic nitrogens is 2. The Bertz CT molecular complexity index is 608. The van der Waals surface area contributed by atoms with Crippen LogP contribution in [0.4, 0.5) is 0 Å². The van der Waals surface area contributed by atoms with Crippen LogP contribution in [-0.2, 0) is 19.5 Å². The number of hydrogen-bond donors (Lipinski definition) is 1. The average Bonchev–Trinajstić information content (AvgIpc) is 2.95. The van der Waals surface area contributed by atoms with Gasteiger partial charge in [0.2, 0.25) is 0 Å². The molecule has 0 fully saturated rings. The second kappa shape index (κ2) is 5.94. The molecule has 0 saturated heterocycles. The third-order valence-electron chi connectivity index (χ3n) is 3.53. The second-order valence-electron chi connectivity index (χ2n) is 4.83. The molecular weight excluding hydrogens is 266 g/mol. The van der Waals surface area contributed by atoms with Crippen molar-refractivity contribution in [3.8, 4) is 11.4 Å². The number of thioether (sulfide) groups is 1. The molecule has 104 valence electrons. The number of nitrogens with one attached hydrogen (secondary N) is 1. The van der Waals surface area contributed by atoms with Gasteiger partial charge < -0.3 is 5.32 Å². The summed E-state index contributed by atoms with van der Waals surface area (Å²) in [6, 6.07) is 8.57. The molecule has 0 saturated carbocycles. The number of rotatable bonds is 4. The Balaban J connectivity index is 1.97. The SMILES string of the molecule is CCSc1ccc(-c2nc(CC)c3c(n2)CNC3)cc1. The average molecular weight is 285 g/mol. The molecule has 20 heavy (non-hydrogen) atoms. The zero-order valence-electron chi connectivity index (χ0n) is 11.9. The molecule has 3 rings (SSSR count). The Kier molecular flexibility index (Phi) is 4.03. The van der Waals surface area contributed by atoms with Crippen molar-refractivity contribution in [1.29, 1.82) is 0 Å². The van der Waals surface area contributed by atoms with E-state index in [1.54, 1.807) is 0 Å². The van der Waals surface area contributed by atoms with E-state index in [4.69, 9.17) is 9.97 Å². The summed E-state index contributed by atoms with van der Waals surface area (Å²) in [5.41, 5.74) is 4.75. The Hall–Kier alpha value is -1.39. The smallest absolute Gasteiger partial charge is 0.159 e. The lowest BCUT2D eigenvalue weighted by molar-refractivity contribution is 0.755. The second-order valence-corrected chi connectivity index (χ2v) is 6.17. The van der Waals surface area contributed by atoms with Crippen molar-refractivity contribution in [2.24, 2.45) is 0 Å². The summed E-state index contributed by atoms with van der Waals surface area (Å²) in [6.07, 6.45) is 0.962. The molecular formula is C16H19N3S. The minimum Gasteiger partial charge on any atom is -0.307 e. The lowest BCUT2D eigenvalue weighted by Crippen LogP contribution is -2.02. The fraction of sp³-hybridized carbons (Fsp3) is 0.375. The Morgan fingerprint density at radius 3 is 2.60 bits per heavy atom. The summed E-state index contributed by atoms with van der Waals surface area (Å²) >= 11 is 1.86. The van der Waals surface area contributed by atoms with Crippen molar-refractivity contribution in [1.82, 2.24) is 15.3 Å². The molecule has 2 heterocycles. The maximum atomic E-state index is 4.75. The molecule has 1 aliphatic rings. The largest absolute Gasteiger partial charge is 0.307 e. The molecule has 0 radical (unpaired) electrons. The predicted octanol–water partition coefficient (Wildman–Crippen LogP) is 3.42. The van der Waals surface area contributed by atoms with Crippen LogP contribution in [-0.4, -0.2) is 15.7 Å². The maximum Gasteiger partial charge on any atom is 0.159 e. The van der Waals surface area contributed by atoms with Gasteiger partial charge in [0.25, 0.3) is 0 Å². The monoisotopic (exact) mass is 285 g/mol. The molecule has 1 aromatic carbocycles. The Morgan fingerprint density at radius 2 is 1.90 bits per heavy atom. The minimum atomic E-state index is 0.859. The fourth-order valence-electron chi connectivity index (χ4n) is 2.53. The Morgan fingerprint density at radius 1 is 1.10 bits per heavy atom. The first-order chi connectivity index (χ1) is 9.81. The van der Waals surface area contributed by atoms with E-state index in [-0.39, 0.29) is 0 Å². The normalized spacial score (nSPS) is 13.5. The summed E-state index contributed by atoms with van der Waals surface area (Å²) in [4.78, 5) is 10.8. The molecule has 1 N–H and O–H groups in total. The third kappa shape index (κ3) is 2.58. The van der Waals surface area contributed by atoms with Crippen LogP contribution in [0.25, 0.3) is 11.4 Å². The van der Waals surface area contributed by atoms with E-state index in [2.05, 4.69) is 43.4 Å². The molecule has 2 aromatic rings. The maximum absolute atomic E-state index is 4.75. The highest BCUT2D eigenvalue weighted by atomic mass is 32.2. The van der Waals surface area contributed by atoms with Gasteiger partial charge in [0.15, 0.2) is 5.82 Å². The van der Waals surface area contributed by atoms with Gasteiger partial charge in [-0.15, -0.1) is 11.8 Å². The van der Waals surface area contributed by atoms with Gasteiger partial charge in [0, 0.05) is 34.8 Å². The molecule has 1 aromatic heterocycles. The quantitative estimate of drug-likeness (QED) is 0.874. The molecule has 0 amide bonds. The van der Waals surface area contributed by atoms with Crippen LogP contribution in [0.15, 0.2) is 29.2 Å². The topological polar surface area (TPSA) is 37.8 Å². The van der Waals surface area contributed by atoms with Gasteiger partial charge in [-0.2, -0.15) is 0 Å². The van der Waals surface area contributed by atoms with E-state index in [0.29, 0.717) is 0 Å². The lowest BCUT2D eigenvalue weighted by Gasteiger charge is -2.08. The first-order valence-corrected chi connectivity index (χ1v) is 8.13. The highest BCUT2D eigenvalue weighted by molar-refractivity contribution is 7.99. The molecule has 3 nitrogen and oxygen atoms in total. The van der Waals surface area contributed by atoms with Crippen LogP contribution in [0.5, 0.6) is 0 Å². The summed E-state index contributed by atoms with van der Waals surface area (Å²) in [6.45, 7) is 6.10. The Labute approximate surface area is 124 Å². The van der Waals surface area contributed by atoms with Gasteiger partial charge in [-0.3, -0.25) is 0 Å². The van der Waals surface area contributed by atoms with Crippen molar-refractivity contribution >= 4 is 11.8 Å². The van der Waals surface area contributed by atoms with Gasteiger partial charge in [0.1, 0.15) is 0 Å². The zero-order chi connectivity index (χ0) is 13.9. The number of benzene rings is 1. The molecule has 1 aliphatic heterocycles. The molecule has 0 spiro atoms. The van der Waals surface area contributed by atoms with Crippen molar-refractivity contribution in [2.75, 3.05) is 5.75 Å². The first-order valence-electron chi connectivity index (χ1n) is 7.14. The fourth-order valence-corrected chi connectivity index (χ4v) is 3.19. The molecule has 0 bridgehead atoms. The molecule has 0 unspecified atom stereocenters. The van der Waals surface area contributed by atoms with Crippen molar-refractivity contribution in [2.45, 2.75) is 38.3 Å². The van der Waals surface area contributed by atoms with Gasteiger partial charge >= 0.3 is 0 Å². The lowest BCUT2D eigenvalue weighted by atomic mass is 10.1. The number of fused-ring (bicyclic) bond motifs is 1. The van der Waals surface area contributed by atoms with Gasteiger partial charge in [-0.25, -0.2) is 9.97 Å².